The smallest absolute Gasteiger partial charge is 0.136 e. The van der Waals surface area contributed by atoms with Gasteiger partial charge in [0.2, 0.25) is 0 Å². The number of benzene rings is 7. The molecule has 4 heterocycles. The monoisotopic (exact) mass is 675 g/mol. The number of aromatic nitrogens is 3. The Morgan fingerprint density at radius 3 is 1.74 bits per heavy atom. The van der Waals surface area contributed by atoms with E-state index in [0.29, 0.717) is 0 Å². The highest BCUT2D eigenvalue weighted by atomic mass is 16.3. The van der Waals surface area contributed by atoms with Crippen LogP contribution in [0.1, 0.15) is 0 Å². The van der Waals surface area contributed by atoms with E-state index in [-0.39, 0.29) is 0 Å². The van der Waals surface area contributed by atoms with E-state index in [1.54, 1.807) is 0 Å². The van der Waals surface area contributed by atoms with Gasteiger partial charge in [-0.05, 0) is 59.7 Å². The van der Waals surface area contributed by atoms with Crippen LogP contribution in [-0.2, 0) is 0 Å². The molecule has 4 nitrogen and oxygen atoms in total. The van der Waals surface area contributed by atoms with Crippen molar-refractivity contribution in [2.75, 3.05) is 0 Å². The van der Waals surface area contributed by atoms with Crippen molar-refractivity contribution in [3.63, 3.8) is 0 Å². The molecule has 0 N–H and O–H groups in total. The Labute approximate surface area is 304 Å². The van der Waals surface area contributed by atoms with Crippen LogP contribution in [0.15, 0.2) is 180 Å². The summed E-state index contributed by atoms with van der Waals surface area (Å²) in [5, 5.41) is 7.71. The third kappa shape index (κ3) is 4.80. The number of fused-ring (bicyclic) bond motifs is 10. The number of rotatable bonds is 4. The SMILES string of the molecule is c1ccc(-c2ccc3ccc4ccc(-c5cccc(-c6ccc7nc(-c8ccccc8)c8ccc9oc%10ccccc%10c9c8c7c6)c5)nc4c3n2)cc1. The van der Waals surface area contributed by atoms with Crippen molar-refractivity contribution in [3.05, 3.63) is 176 Å². The third-order valence-electron chi connectivity index (χ3n) is 10.4. The molecule has 246 valence electrons. The molecule has 0 aliphatic heterocycles. The van der Waals surface area contributed by atoms with Crippen LogP contribution in [0.25, 0.3) is 110 Å². The number of para-hydroxylation sites is 1. The van der Waals surface area contributed by atoms with Crippen molar-refractivity contribution in [1.82, 2.24) is 15.0 Å². The summed E-state index contributed by atoms with van der Waals surface area (Å²) in [4.78, 5) is 15.6. The van der Waals surface area contributed by atoms with Gasteiger partial charge >= 0.3 is 0 Å². The minimum absolute atomic E-state index is 0.873. The molecule has 0 aliphatic carbocycles. The second-order valence-electron chi connectivity index (χ2n) is 13.6. The predicted octanol–water partition coefficient (Wildman–Crippen LogP) is 13.1. The summed E-state index contributed by atoms with van der Waals surface area (Å²) in [5.41, 5.74) is 12.8. The topological polar surface area (TPSA) is 51.8 Å². The molecule has 0 aliphatic rings. The molecule has 0 saturated heterocycles. The van der Waals surface area contributed by atoms with Crippen LogP contribution < -0.4 is 0 Å². The molecule has 0 bridgehead atoms. The molecule has 11 aromatic rings. The Morgan fingerprint density at radius 1 is 0.340 bits per heavy atom. The zero-order chi connectivity index (χ0) is 34.9. The molecule has 11 rings (SSSR count). The maximum atomic E-state index is 6.39. The molecule has 0 atom stereocenters. The summed E-state index contributed by atoms with van der Waals surface area (Å²) in [6, 6.07) is 61.3. The summed E-state index contributed by atoms with van der Waals surface area (Å²) < 4.78 is 6.39. The van der Waals surface area contributed by atoms with Gasteiger partial charge in [-0.15, -0.1) is 0 Å². The molecule has 53 heavy (non-hydrogen) atoms. The van der Waals surface area contributed by atoms with E-state index in [0.717, 1.165) is 110 Å². The maximum Gasteiger partial charge on any atom is 0.136 e. The van der Waals surface area contributed by atoms with E-state index in [4.69, 9.17) is 19.4 Å². The molecule has 7 aromatic carbocycles. The van der Waals surface area contributed by atoms with Crippen LogP contribution in [0, 0.1) is 0 Å². The zero-order valence-corrected chi connectivity index (χ0v) is 28.5. The van der Waals surface area contributed by atoms with Gasteiger partial charge in [-0.1, -0.05) is 127 Å². The summed E-state index contributed by atoms with van der Waals surface area (Å²) >= 11 is 0. The summed E-state index contributed by atoms with van der Waals surface area (Å²) in [5.74, 6) is 0. The molecule has 0 saturated carbocycles. The average molecular weight is 676 g/mol. The second-order valence-corrected chi connectivity index (χ2v) is 13.6. The lowest BCUT2D eigenvalue weighted by molar-refractivity contribution is 0.669. The van der Waals surface area contributed by atoms with E-state index in [2.05, 4.69) is 140 Å². The lowest BCUT2D eigenvalue weighted by atomic mass is 9.94. The Balaban J connectivity index is 1.09. The normalized spacial score (nSPS) is 11.8. The van der Waals surface area contributed by atoms with Gasteiger partial charge in [0.15, 0.2) is 0 Å². The van der Waals surface area contributed by atoms with E-state index in [9.17, 15) is 0 Å². The van der Waals surface area contributed by atoms with Gasteiger partial charge in [-0.3, -0.25) is 0 Å². The molecular formula is C49H29N3O. The number of furan rings is 1. The van der Waals surface area contributed by atoms with E-state index >= 15 is 0 Å². The Morgan fingerprint density at radius 2 is 0.962 bits per heavy atom. The van der Waals surface area contributed by atoms with Crippen molar-refractivity contribution in [2.24, 2.45) is 0 Å². The molecule has 0 unspecified atom stereocenters. The number of hydrogen-bond acceptors (Lipinski definition) is 4. The predicted molar refractivity (Wildman–Crippen MR) is 219 cm³/mol. The quantitative estimate of drug-likeness (QED) is 0.174. The van der Waals surface area contributed by atoms with Gasteiger partial charge in [0.25, 0.3) is 0 Å². The van der Waals surface area contributed by atoms with Crippen LogP contribution in [0.2, 0.25) is 0 Å². The van der Waals surface area contributed by atoms with Crippen molar-refractivity contribution in [1.29, 1.82) is 0 Å². The summed E-state index contributed by atoms with van der Waals surface area (Å²) in [7, 11) is 0. The van der Waals surface area contributed by atoms with E-state index in [1.807, 2.05) is 36.4 Å². The lowest BCUT2D eigenvalue weighted by Crippen LogP contribution is -1.92. The zero-order valence-electron chi connectivity index (χ0n) is 28.5. The molecule has 0 spiro atoms. The van der Waals surface area contributed by atoms with Crippen molar-refractivity contribution in [3.8, 4) is 44.9 Å². The fourth-order valence-corrected chi connectivity index (χ4v) is 7.86. The Bertz CT molecular complexity index is 3220. The van der Waals surface area contributed by atoms with Gasteiger partial charge in [0, 0.05) is 54.4 Å². The van der Waals surface area contributed by atoms with Gasteiger partial charge in [-0.25, -0.2) is 15.0 Å². The Kier molecular flexibility index (Phi) is 6.52. The van der Waals surface area contributed by atoms with E-state index < -0.39 is 0 Å². The molecular weight excluding hydrogens is 647 g/mol. The molecule has 0 amide bonds. The van der Waals surface area contributed by atoms with Crippen LogP contribution >= 0.6 is 0 Å². The first-order valence-corrected chi connectivity index (χ1v) is 17.9. The number of hydrogen-bond donors (Lipinski definition) is 0. The minimum Gasteiger partial charge on any atom is -0.456 e. The summed E-state index contributed by atoms with van der Waals surface area (Å²) in [6.07, 6.45) is 0. The first kappa shape index (κ1) is 29.5. The minimum atomic E-state index is 0.873. The van der Waals surface area contributed by atoms with Gasteiger partial charge in [0.05, 0.1) is 33.6 Å². The van der Waals surface area contributed by atoms with Crippen molar-refractivity contribution < 1.29 is 4.42 Å². The fourth-order valence-electron chi connectivity index (χ4n) is 7.86. The van der Waals surface area contributed by atoms with Crippen LogP contribution in [0.5, 0.6) is 0 Å². The second kappa shape index (κ2) is 11.7. The van der Waals surface area contributed by atoms with Crippen LogP contribution in [0.3, 0.4) is 0 Å². The highest BCUT2D eigenvalue weighted by Crippen LogP contribution is 2.42. The number of pyridine rings is 3. The standard InChI is InChI=1S/C49H29N3O/c1-3-10-30(11-4-1)40-24-20-32-18-19-33-21-25-41(51-49(33)48(32)50-40)36-15-9-14-34(28-36)35-22-26-42-39(29-35)45-38(47(52-42)31-12-5-2-6-13-31)23-27-44-46(45)37-16-7-8-17-43(37)53-44/h1-29H. The molecule has 4 aromatic heterocycles. The molecule has 4 heteroatoms. The van der Waals surface area contributed by atoms with Crippen LogP contribution in [-0.4, -0.2) is 15.0 Å². The highest BCUT2D eigenvalue weighted by molar-refractivity contribution is 6.28. The van der Waals surface area contributed by atoms with Crippen molar-refractivity contribution >= 4 is 65.4 Å². The van der Waals surface area contributed by atoms with Crippen molar-refractivity contribution in [2.45, 2.75) is 0 Å². The third-order valence-corrected chi connectivity index (χ3v) is 10.4. The van der Waals surface area contributed by atoms with Gasteiger partial charge < -0.3 is 4.42 Å². The summed E-state index contributed by atoms with van der Waals surface area (Å²) in [6.45, 7) is 0. The first-order chi connectivity index (χ1) is 26.2. The van der Waals surface area contributed by atoms with Gasteiger partial charge in [-0.2, -0.15) is 0 Å². The maximum absolute atomic E-state index is 6.39. The first-order valence-electron chi connectivity index (χ1n) is 17.9. The number of nitrogens with zero attached hydrogens (tertiary/aromatic N) is 3. The average Bonchev–Trinajstić information content (AvgIpc) is 3.62. The lowest BCUT2D eigenvalue weighted by Gasteiger charge is -2.13. The highest BCUT2D eigenvalue weighted by Gasteiger charge is 2.18. The molecule has 0 radical (unpaired) electrons. The fraction of sp³-hybridized carbons (Fsp3) is 0. The Hall–Kier alpha value is -7.17. The molecule has 0 fully saturated rings. The van der Waals surface area contributed by atoms with E-state index in [1.165, 1.54) is 0 Å². The van der Waals surface area contributed by atoms with Crippen LogP contribution in [0.4, 0.5) is 0 Å². The van der Waals surface area contributed by atoms with Gasteiger partial charge in [0.1, 0.15) is 11.2 Å². The largest absolute Gasteiger partial charge is 0.456 e.